The Labute approximate surface area is 179 Å². The molecule has 0 amide bonds. The second-order valence-corrected chi connectivity index (χ2v) is 8.29. The van der Waals surface area contributed by atoms with Gasteiger partial charge in [0.05, 0.1) is 6.04 Å². The normalized spacial score (nSPS) is 19.9. The molecule has 2 aliphatic rings. The lowest BCUT2D eigenvalue weighted by molar-refractivity contribution is 0.117. The van der Waals surface area contributed by atoms with E-state index in [4.69, 9.17) is 4.98 Å². The molecule has 0 spiro atoms. The summed E-state index contributed by atoms with van der Waals surface area (Å²) in [5.41, 5.74) is 6.90. The summed E-state index contributed by atoms with van der Waals surface area (Å²) in [7, 11) is 0. The van der Waals surface area contributed by atoms with Gasteiger partial charge in [0, 0.05) is 44.6 Å². The number of aromatic nitrogens is 1. The summed E-state index contributed by atoms with van der Waals surface area (Å²) in [6, 6.07) is 24.3. The molecule has 1 atom stereocenters. The molecule has 1 unspecified atom stereocenters. The number of rotatable bonds is 4. The molecule has 3 nitrogen and oxygen atoms in total. The van der Waals surface area contributed by atoms with Crippen molar-refractivity contribution in [1.29, 1.82) is 0 Å². The van der Waals surface area contributed by atoms with Crippen molar-refractivity contribution in [3.05, 3.63) is 107 Å². The Morgan fingerprint density at radius 3 is 2.43 bits per heavy atom. The zero-order chi connectivity index (χ0) is 20.2. The largest absolute Gasteiger partial charge is 0.297 e. The number of hydrogen-bond donors (Lipinski definition) is 0. The topological polar surface area (TPSA) is 19.4 Å². The molecule has 2 heterocycles. The van der Waals surface area contributed by atoms with Gasteiger partial charge in [0.1, 0.15) is 0 Å². The number of piperazine rings is 1. The number of benzene rings is 2. The Kier molecular flexibility index (Phi) is 5.73. The summed E-state index contributed by atoms with van der Waals surface area (Å²) in [6.07, 6.45) is 8.60. The van der Waals surface area contributed by atoms with Gasteiger partial charge in [-0.15, -0.1) is 0 Å². The number of fused-ring (bicyclic) bond motifs is 2. The van der Waals surface area contributed by atoms with Crippen LogP contribution in [0.4, 0.5) is 0 Å². The van der Waals surface area contributed by atoms with Crippen LogP contribution in [0.15, 0.2) is 79.0 Å². The molecular weight excluding hydrogens is 366 g/mol. The molecule has 0 N–H and O–H groups in total. The summed E-state index contributed by atoms with van der Waals surface area (Å²) in [6.45, 7) is 5.40. The molecule has 1 aromatic heterocycles. The highest BCUT2D eigenvalue weighted by Crippen LogP contribution is 2.36. The molecule has 2 aromatic carbocycles. The maximum Gasteiger partial charge on any atom is 0.0623 e. The summed E-state index contributed by atoms with van der Waals surface area (Å²) >= 11 is 0. The first kappa shape index (κ1) is 19.2. The fraction of sp³-hybridized carbons (Fsp3) is 0.296. The van der Waals surface area contributed by atoms with E-state index < -0.39 is 0 Å². The van der Waals surface area contributed by atoms with Crippen LogP contribution in [0.1, 0.15) is 34.0 Å². The van der Waals surface area contributed by atoms with E-state index in [1.807, 2.05) is 6.20 Å². The summed E-state index contributed by atoms with van der Waals surface area (Å²) in [5, 5.41) is 0. The maximum absolute atomic E-state index is 4.75. The highest BCUT2D eigenvalue weighted by Gasteiger charge is 2.31. The lowest BCUT2D eigenvalue weighted by atomic mass is 9.94. The third-order valence-corrected chi connectivity index (χ3v) is 6.45. The maximum atomic E-state index is 4.75. The number of pyridine rings is 1. The minimum Gasteiger partial charge on any atom is -0.297 e. The van der Waals surface area contributed by atoms with Gasteiger partial charge in [0.15, 0.2) is 0 Å². The first-order valence-electron chi connectivity index (χ1n) is 11.1. The molecule has 1 fully saturated rings. The molecule has 1 aliphatic carbocycles. The van der Waals surface area contributed by atoms with Gasteiger partial charge in [-0.1, -0.05) is 72.8 Å². The predicted molar refractivity (Wildman–Crippen MR) is 123 cm³/mol. The second kappa shape index (κ2) is 8.95. The molecule has 30 heavy (non-hydrogen) atoms. The van der Waals surface area contributed by atoms with Gasteiger partial charge in [-0.3, -0.25) is 14.8 Å². The Morgan fingerprint density at radius 1 is 0.800 bits per heavy atom. The van der Waals surface area contributed by atoms with Crippen molar-refractivity contribution in [1.82, 2.24) is 14.8 Å². The average molecular weight is 396 g/mol. The minimum absolute atomic E-state index is 0.328. The third-order valence-electron chi connectivity index (χ3n) is 6.45. The van der Waals surface area contributed by atoms with E-state index in [0.29, 0.717) is 6.04 Å². The van der Waals surface area contributed by atoms with Gasteiger partial charge < -0.3 is 0 Å². The van der Waals surface area contributed by atoms with E-state index in [2.05, 4.69) is 88.7 Å². The van der Waals surface area contributed by atoms with E-state index in [1.54, 1.807) is 0 Å². The van der Waals surface area contributed by atoms with Crippen LogP contribution in [0.3, 0.4) is 0 Å². The number of aryl methyl sites for hydroxylation is 2. The van der Waals surface area contributed by atoms with Gasteiger partial charge in [0.25, 0.3) is 0 Å². The lowest BCUT2D eigenvalue weighted by Crippen LogP contribution is -2.47. The Bertz CT molecular complexity index is 956. The van der Waals surface area contributed by atoms with Crippen LogP contribution < -0.4 is 0 Å². The van der Waals surface area contributed by atoms with Crippen LogP contribution >= 0.6 is 0 Å². The highest BCUT2D eigenvalue weighted by molar-refractivity contribution is 5.48. The van der Waals surface area contributed by atoms with Gasteiger partial charge in [-0.25, -0.2) is 0 Å². The number of nitrogens with zero attached hydrogens (tertiary/aromatic N) is 3. The fourth-order valence-electron chi connectivity index (χ4n) is 4.86. The molecule has 1 aliphatic heterocycles. The summed E-state index contributed by atoms with van der Waals surface area (Å²) in [4.78, 5) is 9.97. The van der Waals surface area contributed by atoms with Crippen molar-refractivity contribution < 1.29 is 0 Å². The van der Waals surface area contributed by atoms with Crippen molar-refractivity contribution in [2.45, 2.75) is 18.9 Å². The monoisotopic (exact) mass is 395 g/mol. The van der Waals surface area contributed by atoms with Crippen LogP contribution in [-0.4, -0.2) is 47.5 Å². The van der Waals surface area contributed by atoms with Gasteiger partial charge in [-0.2, -0.15) is 0 Å². The van der Waals surface area contributed by atoms with Crippen molar-refractivity contribution in [2.75, 3.05) is 32.7 Å². The predicted octanol–water partition coefficient (Wildman–Crippen LogP) is 4.60. The Hall–Kier alpha value is -2.75. The van der Waals surface area contributed by atoms with Crippen LogP contribution in [0.2, 0.25) is 0 Å². The zero-order valence-corrected chi connectivity index (χ0v) is 17.5. The van der Waals surface area contributed by atoms with Crippen molar-refractivity contribution in [2.24, 2.45) is 0 Å². The van der Waals surface area contributed by atoms with Crippen molar-refractivity contribution in [3.63, 3.8) is 0 Å². The molecule has 5 rings (SSSR count). The number of hydrogen-bond acceptors (Lipinski definition) is 3. The van der Waals surface area contributed by atoms with Crippen LogP contribution in [0, 0.1) is 0 Å². The molecule has 1 saturated heterocycles. The summed E-state index contributed by atoms with van der Waals surface area (Å²) in [5.74, 6) is 0. The van der Waals surface area contributed by atoms with Crippen molar-refractivity contribution in [3.8, 4) is 0 Å². The molecule has 0 bridgehead atoms. The fourth-order valence-corrected chi connectivity index (χ4v) is 4.86. The molecule has 0 saturated carbocycles. The Morgan fingerprint density at radius 2 is 1.57 bits per heavy atom. The minimum atomic E-state index is 0.328. The first-order chi connectivity index (χ1) is 14.9. The quantitative estimate of drug-likeness (QED) is 0.644. The van der Waals surface area contributed by atoms with Crippen molar-refractivity contribution >= 4 is 6.08 Å². The average Bonchev–Trinajstić information content (AvgIpc) is 2.97. The molecule has 152 valence electrons. The van der Waals surface area contributed by atoms with E-state index in [-0.39, 0.29) is 0 Å². The SMILES string of the molecule is C(=C\c1ccccc1)/CN1CCN(C2c3ccccc3CCc3ncccc32)CC1. The van der Waals surface area contributed by atoms with E-state index in [0.717, 1.165) is 45.6 Å². The van der Waals surface area contributed by atoms with E-state index in [1.165, 1.54) is 27.9 Å². The van der Waals surface area contributed by atoms with Gasteiger partial charge in [-0.05, 0) is 41.2 Å². The second-order valence-electron chi connectivity index (χ2n) is 8.29. The lowest BCUT2D eigenvalue weighted by Gasteiger charge is -2.39. The van der Waals surface area contributed by atoms with Crippen LogP contribution in [0.5, 0.6) is 0 Å². The molecule has 3 heteroatoms. The van der Waals surface area contributed by atoms with Gasteiger partial charge in [0.2, 0.25) is 0 Å². The molecular formula is C27H29N3. The van der Waals surface area contributed by atoms with E-state index >= 15 is 0 Å². The summed E-state index contributed by atoms with van der Waals surface area (Å²) < 4.78 is 0. The standard InChI is InChI=1S/C27H29N3/c1-2-8-22(9-3-1)10-7-17-29-18-20-30(21-19-29)27-24-12-5-4-11-23(24)14-15-26-25(27)13-6-16-28-26/h1-13,16,27H,14-15,17-21H2/b10-7+. The molecule has 3 aromatic rings. The highest BCUT2D eigenvalue weighted by atomic mass is 15.3. The third kappa shape index (κ3) is 4.09. The smallest absolute Gasteiger partial charge is 0.0623 e. The van der Waals surface area contributed by atoms with Gasteiger partial charge >= 0.3 is 0 Å². The van der Waals surface area contributed by atoms with E-state index in [9.17, 15) is 0 Å². The first-order valence-corrected chi connectivity index (χ1v) is 11.1. The van der Waals surface area contributed by atoms with Crippen LogP contribution in [-0.2, 0) is 12.8 Å². The molecule has 0 radical (unpaired) electrons. The Balaban J connectivity index is 1.31. The zero-order valence-electron chi connectivity index (χ0n) is 17.5. The van der Waals surface area contributed by atoms with Crippen LogP contribution in [0.25, 0.3) is 6.08 Å².